The van der Waals surface area contributed by atoms with E-state index in [0.717, 1.165) is 11.3 Å². The smallest absolute Gasteiger partial charge is 0.327 e. The van der Waals surface area contributed by atoms with Crippen molar-refractivity contribution >= 4 is 50.3 Å². The van der Waals surface area contributed by atoms with Gasteiger partial charge in [-0.3, -0.25) is 4.79 Å². The molecule has 0 amide bonds. The standard InChI is InChI=1S/C11H10ClNO4S3/c1-6-5-8(19-10(6)12)20(16,17)13-9(11(14)15)7-3-2-4-18-7/h2-5,9,13H,1H3,(H,14,15). The number of carbonyl (C=O) groups is 1. The maximum absolute atomic E-state index is 12.2. The molecule has 0 aliphatic heterocycles. The van der Waals surface area contributed by atoms with Crippen molar-refractivity contribution in [3.05, 3.63) is 38.4 Å². The van der Waals surface area contributed by atoms with E-state index >= 15 is 0 Å². The number of rotatable bonds is 5. The van der Waals surface area contributed by atoms with Crippen molar-refractivity contribution in [2.24, 2.45) is 0 Å². The molecule has 2 N–H and O–H groups in total. The quantitative estimate of drug-likeness (QED) is 0.867. The SMILES string of the molecule is Cc1cc(S(=O)(=O)NC(C(=O)O)c2cccs2)sc1Cl. The van der Waals surface area contributed by atoms with Gasteiger partial charge < -0.3 is 5.11 Å². The molecule has 1 atom stereocenters. The molecule has 2 rings (SSSR count). The van der Waals surface area contributed by atoms with E-state index in [1.807, 2.05) is 0 Å². The van der Waals surface area contributed by atoms with Crippen LogP contribution in [0, 0.1) is 6.92 Å². The molecule has 9 heteroatoms. The summed E-state index contributed by atoms with van der Waals surface area (Å²) in [5.41, 5.74) is 0.639. The number of nitrogens with one attached hydrogen (secondary N) is 1. The number of thiophene rings is 2. The Kier molecular flexibility index (Phi) is 4.50. The predicted molar refractivity (Wildman–Crippen MR) is 79.1 cm³/mol. The van der Waals surface area contributed by atoms with Crippen LogP contribution in [0.3, 0.4) is 0 Å². The van der Waals surface area contributed by atoms with E-state index in [0.29, 0.717) is 14.8 Å². The lowest BCUT2D eigenvalue weighted by atomic mass is 10.3. The molecular weight excluding hydrogens is 342 g/mol. The normalized spacial score (nSPS) is 13.3. The van der Waals surface area contributed by atoms with Crippen molar-refractivity contribution in [3.63, 3.8) is 0 Å². The number of carboxylic acids is 1. The highest BCUT2D eigenvalue weighted by atomic mass is 35.5. The third-order valence-electron chi connectivity index (χ3n) is 2.45. The van der Waals surface area contributed by atoms with Crippen LogP contribution in [0.4, 0.5) is 0 Å². The summed E-state index contributed by atoms with van der Waals surface area (Å²) in [5, 5.41) is 10.9. The fourth-order valence-electron chi connectivity index (χ4n) is 1.46. The summed E-state index contributed by atoms with van der Waals surface area (Å²) in [6.07, 6.45) is 0. The Labute approximate surface area is 128 Å². The summed E-state index contributed by atoms with van der Waals surface area (Å²) >= 11 is 7.92. The van der Waals surface area contributed by atoms with Crippen molar-refractivity contribution in [1.82, 2.24) is 4.72 Å². The zero-order valence-corrected chi connectivity index (χ0v) is 13.4. The maximum Gasteiger partial charge on any atom is 0.327 e. The fourth-order valence-corrected chi connectivity index (χ4v) is 5.20. The van der Waals surface area contributed by atoms with Gasteiger partial charge in [0, 0.05) is 4.88 Å². The Morgan fingerprint density at radius 1 is 1.50 bits per heavy atom. The van der Waals surface area contributed by atoms with Crippen molar-refractivity contribution in [1.29, 1.82) is 0 Å². The van der Waals surface area contributed by atoms with Crippen molar-refractivity contribution in [2.45, 2.75) is 17.2 Å². The molecule has 5 nitrogen and oxygen atoms in total. The highest BCUT2D eigenvalue weighted by molar-refractivity contribution is 7.91. The second-order valence-corrected chi connectivity index (χ2v) is 8.50. The maximum atomic E-state index is 12.2. The molecule has 0 spiro atoms. The number of aliphatic carboxylic acids is 1. The minimum atomic E-state index is -3.92. The van der Waals surface area contributed by atoms with Gasteiger partial charge in [0.25, 0.3) is 10.0 Å². The second-order valence-electron chi connectivity index (χ2n) is 3.93. The molecule has 0 saturated carbocycles. The van der Waals surface area contributed by atoms with E-state index in [1.54, 1.807) is 24.4 Å². The fraction of sp³-hybridized carbons (Fsp3) is 0.182. The Morgan fingerprint density at radius 3 is 2.65 bits per heavy atom. The van der Waals surface area contributed by atoms with Crippen molar-refractivity contribution in [3.8, 4) is 0 Å². The monoisotopic (exact) mass is 351 g/mol. The molecular formula is C11H10ClNO4S3. The predicted octanol–water partition coefficient (Wildman–Crippen LogP) is 2.88. The number of halogens is 1. The van der Waals surface area contributed by atoms with E-state index in [9.17, 15) is 18.3 Å². The molecule has 0 saturated heterocycles. The van der Waals surface area contributed by atoms with Crippen molar-refractivity contribution < 1.29 is 18.3 Å². The van der Waals surface area contributed by atoms with Crippen LogP contribution >= 0.6 is 34.3 Å². The molecule has 2 heterocycles. The summed E-state index contributed by atoms with van der Waals surface area (Å²) in [6, 6.07) is 3.35. The topological polar surface area (TPSA) is 83.5 Å². The van der Waals surface area contributed by atoms with Gasteiger partial charge >= 0.3 is 5.97 Å². The summed E-state index contributed by atoms with van der Waals surface area (Å²) in [6.45, 7) is 1.69. The molecule has 2 aromatic heterocycles. The summed E-state index contributed by atoms with van der Waals surface area (Å²) in [5.74, 6) is -1.25. The second kappa shape index (κ2) is 5.82. The van der Waals surface area contributed by atoms with Crippen LogP contribution in [0.15, 0.2) is 27.8 Å². The first-order chi connectivity index (χ1) is 9.31. The highest BCUT2D eigenvalue weighted by Crippen LogP contribution is 2.31. The molecule has 0 aliphatic rings. The summed E-state index contributed by atoms with van der Waals surface area (Å²) in [4.78, 5) is 11.7. The molecule has 0 radical (unpaired) electrons. The molecule has 108 valence electrons. The lowest BCUT2D eigenvalue weighted by Crippen LogP contribution is -2.32. The molecule has 1 unspecified atom stereocenters. The minimum absolute atomic E-state index is 0.00260. The van der Waals surface area contributed by atoms with Crippen molar-refractivity contribution in [2.75, 3.05) is 0 Å². The van der Waals surface area contributed by atoms with E-state index in [-0.39, 0.29) is 4.21 Å². The minimum Gasteiger partial charge on any atom is -0.480 e. The Hall–Kier alpha value is -0.930. The van der Waals surface area contributed by atoms with Gasteiger partial charge in [-0.15, -0.1) is 22.7 Å². The molecule has 0 bridgehead atoms. The average molecular weight is 352 g/mol. The first kappa shape index (κ1) is 15.5. The molecule has 0 fully saturated rings. The van der Waals surface area contributed by atoms with Gasteiger partial charge in [0.05, 0.1) is 4.34 Å². The molecule has 20 heavy (non-hydrogen) atoms. The van der Waals surface area contributed by atoms with Crippen LogP contribution in [0.2, 0.25) is 4.34 Å². The van der Waals surface area contributed by atoms with Gasteiger partial charge in [-0.1, -0.05) is 17.7 Å². The molecule has 0 aliphatic carbocycles. The summed E-state index contributed by atoms with van der Waals surface area (Å²) in [7, 11) is -3.92. The average Bonchev–Trinajstić information content (AvgIpc) is 2.97. The zero-order chi connectivity index (χ0) is 14.9. The lowest BCUT2D eigenvalue weighted by Gasteiger charge is -2.12. The van der Waals surface area contributed by atoms with E-state index in [1.165, 1.54) is 17.4 Å². The van der Waals surface area contributed by atoms with Gasteiger partial charge in [-0.05, 0) is 30.0 Å². The summed E-state index contributed by atoms with van der Waals surface area (Å²) < 4.78 is 26.9. The Bertz CT molecular complexity index is 701. The number of hydrogen-bond acceptors (Lipinski definition) is 5. The van der Waals surface area contributed by atoms with Gasteiger partial charge in [0.2, 0.25) is 0 Å². The van der Waals surface area contributed by atoms with Crippen LogP contribution in [0.25, 0.3) is 0 Å². The largest absolute Gasteiger partial charge is 0.480 e. The van der Waals surface area contributed by atoms with E-state index in [2.05, 4.69) is 4.72 Å². The number of carboxylic acid groups (broad SMARTS) is 1. The van der Waals surface area contributed by atoms with Crippen LogP contribution in [0.1, 0.15) is 16.5 Å². The first-order valence-corrected chi connectivity index (χ1v) is 8.91. The third-order valence-corrected chi connectivity index (χ3v) is 6.84. The third kappa shape index (κ3) is 3.21. The zero-order valence-electron chi connectivity index (χ0n) is 10.2. The molecule has 2 aromatic rings. The van der Waals surface area contributed by atoms with Gasteiger partial charge in [0.15, 0.2) is 6.04 Å². The number of aryl methyl sites for hydroxylation is 1. The van der Waals surface area contributed by atoms with E-state index < -0.39 is 22.0 Å². The van der Waals surface area contributed by atoms with Crippen LogP contribution in [-0.2, 0) is 14.8 Å². The Morgan fingerprint density at radius 2 is 2.20 bits per heavy atom. The van der Waals surface area contributed by atoms with Crippen LogP contribution < -0.4 is 4.72 Å². The molecule has 0 aromatic carbocycles. The van der Waals surface area contributed by atoms with Gasteiger partial charge in [0.1, 0.15) is 4.21 Å². The van der Waals surface area contributed by atoms with Crippen LogP contribution in [-0.4, -0.2) is 19.5 Å². The van der Waals surface area contributed by atoms with Gasteiger partial charge in [-0.25, -0.2) is 8.42 Å². The first-order valence-electron chi connectivity index (χ1n) is 5.36. The van der Waals surface area contributed by atoms with Gasteiger partial charge in [-0.2, -0.15) is 4.72 Å². The number of sulfonamides is 1. The van der Waals surface area contributed by atoms with E-state index in [4.69, 9.17) is 11.6 Å². The number of hydrogen-bond donors (Lipinski definition) is 2. The Balaban J connectivity index is 2.33. The van der Waals surface area contributed by atoms with Crippen LogP contribution in [0.5, 0.6) is 0 Å². The lowest BCUT2D eigenvalue weighted by molar-refractivity contribution is -0.139. The highest BCUT2D eigenvalue weighted by Gasteiger charge is 2.29.